The number of hydrogen-bond acceptors (Lipinski definition) is 4. The van der Waals surface area contributed by atoms with Crippen LogP contribution in [0.5, 0.6) is 0 Å². The normalized spacial score (nSPS) is 12.9. The fourth-order valence-corrected chi connectivity index (χ4v) is 2.93. The molecule has 2 heterocycles. The van der Waals surface area contributed by atoms with E-state index in [9.17, 15) is 9.18 Å². The van der Waals surface area contributed by atoms with Crippen LogP contribution in [0.3, 0.4) is 0 Å². The maximum absolute atomic E-state index is 13.0. The van der Waals surface area contributed by atoms with E-state index in [-0.39, 0.29) is 11.7 Å². The first kappa shape index (κ1) is 18.0. The zero-order valence-corrected chi connectivity index (χ0v) is 14.8. The average Bonchev–Trinajstić information content (AvgIpc) is 2.99. The van der Waals surface area contributed by atoms with E-state index in [0.717, 1.165) is 11.3 Å². The minimum absolute atomic E-state index is 0.240. The van der Waals surface area contributed by atoms with Crippen LogP contribution in [-0.4, -0.2) is 31.9 Å². The lowest BCUT2D eigenvalue weighted by atomic mass is 9.94. The van der Waals surface area contributed by atoms with Crippen molar-refractivity contribution in [1.82, 2.24) is 19.7 Å². The van der Waals surface area contributed by atoms with Gasteiger partial charge in [0.1, 0.15) is 5.82 Å². The van der Waals surface area contributed by atoms with Gasteiger partial charge in [0.25, 0.3) is 0 Å². The quantitative estimate of drug-likeness (QED) is 0.707. The van der Waals surface area contributed by atoms with Gasteiger partial charge in [0.2, 0.25) is 11.7 Å². The topological polar surface area (TPSA) is 85.3 Å². The molecule has 3 N–H and O–H groups in total. The zero-order valence-electron chi connectivity index (χ0n) is 14.8. The second kappa shape index (κ2) is 7.21. The number of aromatic nitrogens is 3. The number of nitrogens with two attached hydrogens (primary N) is 1. The van der Waals surface area contributed by atoms with Crippen molar-refractivity contribution < 1.29 is 9.18 Å². The van der Waals surface area contributed by atoms with Gasteiger partial charge in [-0.3, -0.25) is 9.20 Å². The van der Waals surface area contributed by atoms with Gasteiger partial charge in [0.15, 0.2) is 0 Å². The number of benzene rings is 1. The van der Waals surface area contributed by atoms with Gasteiger partial charge in [-0.25, -0.2) is 14.4 Å². The van der Waals surface area contributed by atoms with Gasteiger partial charge in [-0.1, -0.05) is 12.1 Å². The summed E-state index contributed by atoms with van der Waals surface area (Å²) in [5.74, 6) is 0.0582. The predicted octanol–water partition coefficient (Wildman–Crippen LogP) is 1.88. The maximum atomic E-state index is 13.0. The fraction of sp³-hybridized carbons (Fsp3) is 0.316. The first-order valence-electron chi connectivity index (χ1n) is 8.43. The highest BCUT2D eigenvalue weighted by Gasteiger charge is 2.25. The summed E-state index contributed by atoms with van der Waals surface area (Å²) in [5.41, 5.74) is 7.36. The molecule has 1 amide bonds. The zero-order chi connectivity index (χ0) is 18.7. The van der Waals surface area contributed by atoms with Crippen molar-refractivity contribution in [1.29, 1.82) is 0 Å². The third-order valence-corrected chi connectivity index (χ3v) is 4.15. The number of nitrogens with one attached hydrogen (secondary N) is 1. The van der Waals surface area contributed by atoms with Gasteiger partial charge in [-0.15, -0.1) is 0 Å². The molecule has 3 aromatic rings. The molecular formula is C19H22FN5O. The van der Waals surface area contributed by atoms with E-state index in [2.05, 4.69) is 15.3 Å². The van der Waals surface area contributed by atoms with Gasteiger partial charge < -0.3 is 11.1 Å². The van der Waals surface area contributed by atoms with Crippen LogP contribution in [0.1, 0.15) is 25.1 Å². The van der Waals surface area contributed by atoms with E-state index < -0.39 is 11.6 Å². The van der Waals surface area contributed by atoms with E-state index in [4.69, 9.17) is 5.73 Å². The Labute approximate surface area is 151 Å². The van der Waals surface area contributed by atoms with Crippen molar-refractivity contribution in [2.24, 2.45) is 5.73 Å². The minimum Gasteiger partial charge on any atom is -0.350 e. The van der Waals surface area contributed by atoms with Crippen LogP contribution in [0.15, 0.2) is 48.9 Å². The molecule has 0 aliphatic carbocycles. The van der Waals surface area contributed by atoms with E-state index in [1.807, 2.05) is 24.4 Å². The minimum atomic E-state index is -0.706. The molecule has 26 heavy (non-hydrogen) atoms. The Morgan fingerprint density at radius 1 is 1.31 bits per heavy atom. The first-order chi connectivity index (χ1) is 12.3. The molecule has 0 radical (unpaired) electrons. The molecule has 7 heteroatoms. The largest absolute Gasteiger partial charge is 0.350 e. The Morgan fingerprint density at radius 2 is 2.04 bits per heavy atom. The molecule has 0 saturated carbocycles. The van der Waals surface area contributed by atoms with Gasteiger partial charge in [0.05, 0.1) is 12.2 Å². The molecule has 6 nitrogen and oxygen atoms in total. The molecule has 136 valence electrons. The Bertz CT molecular complexity index is 904. The van der Waals surface area contributed by atoms with Crippen molar-refractivity contribution in [3.63, 3.8) is 0 Å². The van der Waals surface area contributed by atoms with Crippen molar-refractivity contribution in [2.45, 2.75) is 38.3 Å². The predicted molar refractivity (Wildman–Crippen MR) is 97.0 cm³/mol. The van der Waals surface area contributed by atoms with Crippen LogP contribution in [0, 0.1) is 5.82 Å². The third-order valence-electron chi connectivity index (χ3n) is 4.15. The average molecular weight is 355 g/mol. The molecule has 0 aliphatic rings. The number of carbonyl (C=O) groups excluding carboxylic acids is 1. The molecule has 0 bridgehead atoms. The lowest BCUT2D eigenvalue weighted by Gasteiger charge is -2.28. The highest BCUT2D eigenvalue weighted by atomic mass is 19.1. The van der Waals surface area contributed by atoms with Crippen LogP contribution in [0.25, 0.3) is 5.78 Å². The SMILES string of the molecule is CC(C)(Cc1ccc(F)cc1)NC(=O)[C@H](N)Cc1cnc2ncccn12. The monoisotopic (exact) mass is 355 g/mol. The summed E-state index contributed by atoms with van der Waals surface area (Å²) in [4.78, 5) is 20.9. The number of carbonyl (C=O) groups is 1. The van der Waals surface area contributed by atoms with Crippen molar-refractivity contribution >= 4 is 11.7 Å². The molecule has 0 saturated heterocycles. The summed E-state index contributed by atoms with van der Waals surface area (Å²) in [7, 11) is 0. The fourth-order valence-electron chi connectivity index (χ4n) is 2.93. The van der Waals surface area contributed by atoms with Crippen molar-refractivity contribution in [2.75, 3.05) is 0 Å². The summed E-state index contributed by atoms with van der Waals surface area (Å²) < 4.78 is 14.8. The molecular weight excluding hydrogens is 333 g/mol. The van der Waals surface area contributed by atoms with E-state index in [1.165, 1.54) is 12.1 Å². The molecule has 0 aliphatic heterocycles. The van der Waals surface area contributed by atoms with Gasteiger partial charge in [0, 0.05) is 30.0 Å². The summed E-state index contributed by atoms with van der Waals surface area (Å²) in [5, 5.41) is 2.98. The van der Waals surface area contributed by atoms with E-state index >= 15 is 0 Å². The van der Waals surface area contributed by atoms with Crippen LogP contribution in [0.2, 0.25) is 0 Å². The van der Waals surface area contributed by atoms with Gasteiger partial charge in [-0.2, -0.15) is 0 Å². The Hall–Kier alpha value is -2.80. The number of nitrogens with zero attached hydrogens (tertiary/aromatic N) is 3. The number of hydrogen-bond donors (Lipinski definition) is 2. The van der Waals surface area contributed by atoms with Gasteiger partial charge >= 0.3 is 0 Å². The third kappa shape index (κ3) is 4.23. The summed E-state index contributed by atoms with van der Waals surface area (Å²) in [6.45, 7) is 3.83. The van der Waals surface area contributed by atoms with E-state index in [1.54, 1.807) is 30.6 Å². The number of halogens is 1. The summed E-state index contributed by atoms with van der Waals surface area (Å²) >= 11 is 0. The van der Waals surface area contributed by atoms with Crippen molar-refractivity contribution in [3.05, 3.63) is 66.0 Å². The van der Waals surface area contributed by atoms with Crippen LogP contribution in [0.4, 0.5) is 4.39 Å². The maximum Gasteiger partial charge on any atom is 0.237 e. The number of imidazole rings is 1. The van der Waals surface area contributed by atoms with Gasteiger partial charge in [-0.05, 0) is 44.0 Å². The molecule has 0 spiro atoms. The Kier molecular flexibility index (Phi) is 4.99. The molecule has 2 aromatic heterocycles. The standard InChI is InChI=1S/C19H22FN5O/c1-19(2,11-13-4-6-14(20)7-5-13)24-17(26)16(21)10-15-12-23-18-22-8-3-9-25(15)18/h3-9,12,16H,10-11,21H2,1-2H3,(H,24,26)/t16-/m1/s1. The summed E-state index contributed by atoms with van der Waals surface area (Å²) in [6.07, 6.45) is 6.11. The van der Waals surface area contributed by atoms with Crippen LogP contribution in [-0.2, 0) is 17.6 Å². The van der Waals surface area contributed by atoms with Crippen molar-refractivity contribution in [3.8, 4) is 0 Å². The number of amides is 1. The van der Waals surface area contributed by atoms with E-state index in [0.29, 0.717) is 18.6 Å². The number of rotatable bonds is 6. The molecule has 0 unspecified atom stereocenters. The summed E-state index contributed by atoms with van der Waals surface area (Å²) in [6, 6.07) is 7.36. The molecule has 1 aromatic carbocycles. The second-order valence-electron chi connectivity index (χ2n) is 7.03. The molecule has 1 atom stereocenters. The smallest absolute Gasteiger partial charge is 0.237 e. The molecule has 0 fully saturated rings. The highest BCUT2D eigenvalue weighted by Crippen LogP contribution is 2.14. The first-order valence-corrected chi connectivity index (χ1v) is 8.43. The Balaban J connectivity index is 1.63. The highest BCUT2D eigenvalue weighted by molar-refractivity contribution is 5.82. The number of fused-ring (bicyclic) bond motifs is 1. The molecule has 3 rings (SSSR count). The lowest BCUT2D eigenvalue weighted by molar-refractivity contribution is -0.123. The second-order valence-corrected chi connectivity index (χ2v) is 7.03. The Morgan fingerprint density at radius 3 is 2.77 bits per heavy atom. The lowest BCUT2D eigenvalue weighted by Crippen LogP contribution is -2.52. The van der Waals surface area contributed by atoms with Crippen LogP contribution >= 0.6 is 0 Å². The van der Waals surface area contributed by atoms with Crippen LogP contribution < -0.4 is 11.1 Å².